The molecular formula is C28H29N3O2. The Balaban J connectivity index is 1.41. The van der Waals surface area contributed by atoms with Gasteiger partial charge in [0.1, 0.15) is 5.75 Å². The van der Waals surface area contributed by atoms with Crippen molar-refractivity contribution < 1.29 is 9.53 Å². The lowest BCUT2D eigenvalue weighted by Crippen LogP contribution is -2.59. The molecule has 0 N–H and O–H groups in total. The van der Waals surface area contributed by atoms with E-state index in [1.165, 1.54) is 19.3 Å². The first-order chi connectivity index (χ1) is 16.1. The van der Waals surface area contributed by atoms with E-state index in [9.17, 15) is 4.79 Å². The van der Waals surface area contributed by atoms with Crippen LogP contribution >= 0.6 is 0 Å². The first-order valence-corrected chi connectivity index (χ1v) is 11.7. The minimum Gasteiger partial charge on any atom is -0.497 e. The van der Waals surface area contributed by atoms with Crippen LogP contribution < -0.4 is 4.74 Å². The maximum atomic E-state index is 13.8. The number of rotatable bonds is 6. The second-order valence-electron chi connectivity index (χ2n) is 9.17. The zero-order valence-electron chi connectivity index (χ0n) is 19.0. The minimum absolute atomic E-state index is 0.175. The van der Waals surface area contributed by atoms with Crippen LogP contribution in [-0.2, 0) is 6.54 Å². The van der Waals surface area contributed by atoms with Gasteiger partial charge < -0.3 is 4.74 Å². The summed E-state index contributed by atoms with van der Waals surface area (Å²) in [5.74, 6) is 1.00. The number of Topliss-reactive ketones (excluding diaryl/α,β-unsaturated/α-hetero) is 1. The number of benzene rings is 3. The summed E-state index contributed by atoms with van der Waals surface area (Å²) in [5, 5.41) is 11.2. The van der Waals surface area contributed by atoms with Crippen LogP contribution in [0.15, 0.2) is 60.7 Å². The maximum absolute atomic E-state index is 13.8. The molecule has 1 heterocycles. The first-order valence-electron chi connectivity index (χ1n) is 11.7. The molecule has 0 bridgehead atoms. The number of ketones is 1. The molecule has 1 unspecified atom stereocenters. The van der Waals surface area contributed by atoms with Crippen LogP contribution in [0.25, 0.3) is 10.8 Å². The Morgan fingerprint density at radius 2 is 1.79 bits per heavy atom. The van der Waals surface area contributed by atoms with Crippen molar-refractivity contribution in [3.63, 3.8) is 0 Å². The Kier molecular flexibility index (Phi) is 6.13. The molecule has 168 valence electrons. The van der Waals surface area contributed by atoms with Gasteiger partial charge in [-0.25, -0.2) is 0 Å². The van der Waals surface area contributed by atoms with Crippen molar-refractivity contribution in [3.8, 4) is 11.8 Å². The van der Waals surface area contributed by atoms with Crippen LogP contribution in [0.1, 0.15) is 40.7 Å². The van der Waals surface area contributed by atoms with Gasteiger partial charge in [0.25, 0.3) is 0 Å². The van der Waals surface area contributed by atoms with Crippen molar-refractivity contribution in [3.05, 3.63) is 77.4 Å². The summed E-state index contributed by atoms with van der Waals surface area (Å²) in [6, 6.07) is 22.3. The molecule has 0 aromatic heterocycles. The van der Waals surface area contributed by atoms with Gasteiger partial charge in [-0.15, -0.1) is 0 Å². The van der Waals surface area contributed by atoms with Gasteiger partial charge in [-0.3, -0.25) is 14.6 Å². The van der Waals surface area contributed by atoms with E-state index in [1.54, 1.807) is 7.11 Å². The van der Waals surface area contributed by atoms with Crippen LogP contribution in [-0.4, -0.2) is 54.4 Å². The van der Waals surface area contributed by atoms with Crippen molar-refractivity contribution in [1.29, 1.82) is 5.26 Å². The highest BCUT2D eigenvalue weighted by Crippen LogP contribution is 2.29. The molecule has 33 heavy (non-hydrogen) atoms. The smallest absolute Gasteiger partial charge is 0.181 e. The molecule has 3 aromatic carbocycles. The molecular weight excluding hydrogens is 410 g/mol. The monoisotopic (exact) mass is 439 g/mol. The minimum atomic E-state index is -0.175. The molecule has 2 fully saturated rings. The summed E-state index contributed by atoms with van der Waals surface area (Å²) >= 11 is 0. The summed E-state index contributed by atoms with van der Waals surface area (Å²) < 4.78 is 5.33. The highest BCUT2D eigenvalue weighted by atomic mass is 16.5. The maximum Gasteiger partial charge on any atom is 0.181 e. The Bertz CT molecular complexity index is 1190. The molecule has 1 aliphatic carbocycles. The van der Waals surface area contributed by atoms with Crippen LogP contribution in [0.5, 0.6) is 5.75 Å². The van der Waals surface area contributed by atoms with E-state index in [1.807, 2.05) is 60.7 Å². The van der Waals surface area contributed by atoms with E-state index in [2.05, 4.69) is 15.9 Å². The Morgan fingerprint density at radius 1 is 1.03 bits per heavy atom. The SMILES string of the molecule is COc1ccc2cc(C(=O)C3CN(C4CCC4)CCN3Cc3ccc(C#N)cc3)ccc2c1. The topological polar surface area (TPSA) is 56.6 Å². The quantitative estimate of drug-likeness (QED) is 0.524. The van der Waals surface area contributed by atoms with Crippen LogP contribution in [0, 0.1) is 11.3 Å². The standard InChI is InChI=1S/C28H29N3O2/c1-33-26-12-11-22-15-24(10-9-23(22)16-26)28(32)27-19-30(25-3-2-4-25)13-14-31(27)18-21-7-5-20(17-29)6-8-21/h5-12,15-16,25,27H,2-4,13-14,18-19H2,1H3. The number of fused-ring (bicyclic) bond motifs is 1. The number of nitrogens with zero attached hydrogens (tertiary/aromatic N) is 3. The number of carbonyl (C=O) groups excluding carboxylic acids is 1. The molecule has 5 heteroatoms. The zero-order valence-corrected chi connectivity index (χ0v) is 19.0. The normalized spacial score (nSPS) is 19.7. The summed E-state index contributed by atoms with van der Waals surface area (Å²) in [4.78, 5) is 18.6. The average molecular weight is 440 g/mol. The van der Waals surface area contributed by atoms with Crippen LogP contribution in [0.4, 0.5) is 0 Å². The van der Waals surface area contributed by atoms with E-state index in [0.717, 1.165) is 47.3 Å². The highest BCUT2D eigenvalue weighted by molar-refractivity contribution is 6.03. The predicted octanol–water partition coefficient (Wildman–Crippen LogP) is 4.64. The van der Waals surface area contributed by atoms with Crippen molar-refractivity contribution in [1.82, 2.24) is 9.80 Å². The molecule has 5 rings (SSSR count). The Hall–Kier alpha value is -3.20. The molecule has 2 aliphatic rings. The number of nitriles is 1. The van der Waals surface area contributed by atoms with Gasteiger partial charge >= 0.3 is 0 Å². The fourth-order valence-corrected chi connectivity index (χ4v) is 4.98. The summed E-state index contributed by atoms with van der Waals surface area (Å²) in [6.07, 6.45) is 3.78. The van der Waals surface area contributed by atoms with E-state index in [0.29, 0.717) is 18.2 Å². The molecule has 1 saturated carbocycles. The lowest BCUT2D eigenvalue weighted by atomic mass is 9.89. The first kappa shape index (κ1) is 21.6. The fourth-order valence-electron chi connectivity index (χ4n) is 4.98. The van der Waals surface area contributed by atoms with Gasteiger partial charge in [-0.2, -0.15) is 5.26 Å². The molecule has 1 aliphatic heterocycles. The second-order valence-corrected chi connectivity index (χ2v) is 9.17. The van der Waals surface area contributed by atoms with Gasteiger partial charge in [0.15, 0.2) is 5.78 Å². The highest BCUT2D eigenvalue weighted by Gasteiger charge is 2.36. The van der Waals surface area contributed by atoms with Gasteiger partial charge in [-0.1, -0.05) is 36.8 Å². The van der Waals surface area contributed by atoms with Crippen molar-refractivity contribution in [2.75, 3.05) is 26.7 Å². The average Bonchev–Trinajstić information content (AvgIpc) is 2.83. The third kappa shape index (κ3) is 4.50. The van der Waals surface area contributed by atoms with Crippen LogP contribution in [0.3, 0.4) is 0 Å². The molecule has 0 amide bonds. The Morgan fingerprint density at radius 3 is 2.48 bits per heavy atom. The predicted molar refractivity (Wildman–Crippen MR) is 129 cm³/mol. The van der Waals surface area contributed by atoms with Gasteiger partial charge in [-0.05, 0) is 59.5 Å². The van der Waals surface area contributed by atoms with Crippen molar-refractivity contribution >= 4 is 16.6 Å². The molecule has 3 aromatic rings. The number of ether oxygens (including phenoxy) is 1. The second kappa shape index (κ2) is 9.35. The summed E-state index contributed by atoms with van der Waals surface area (Å²) in [6.45, 7) is 3.37. The largest absolute Gasteiger partial charge is 0.497 e. The number of piperazine rings is 1. The lowest BCUT2D eigenvalue weighted by Gasteiger charge is -2.46. The third-order valence-corrected chi connectivity index (χ3v) is 7.22. The van der Waals surface area contributed by atoms with Crippen LogP contribution in [0.2, 0.25) is 0 Å². The molecule has 1 atom stereocenters. The number of carbonyl (C=O) groups is 1. The summed E-state index contributed by atoms with van der Waals surface area (Å²) in [7, 11) is 1.67. The molecule has 1 saturated heterocycles. The van der Waals surface area contributed by atoms with Gasteiger partial charge in [0.05, 0.1) is 24.8 Å². The van der Waals surface area contributed by atoms with Crippen molar-refractivity contribution in [2.45, 2.75) is 37.9 Å². The van der Waals surface area contributed by atoms with E-state index in [4.69, 9.17) is 10.00 Å². The van der Waals surface area contributed by atoms with E-state index in [-0.39, 0.29) is 11.8 Å². The number of methoxy groups -OCH3 is 1. The van der Waals surface area contributed by atoms with Crippen molar-refractivity contribution in [2.24, 2.45) is 0 Å². The third-order valence-electron chi connectivity index (χ3n) is 7.22. The molecule has 5 nitrogen and oxygen atoms in total. The Labute approximate surface area is 195 Å². The van der Waals surface area contributed by atoms with E-state index < -0.39 is 0 Å². The number of hydrogen-bond acceptors (Lipinski definition) is 5. The van der Waals surface area contributed by atoms with E-state index >= 15 is 0 Å². The van der Waals surface area contributed by atoms with Gasteiger partial charge in [0, 0.05) is 37.8 Å². The molecule has 0 radical (unpaired) electrons. The van der Waals surface area contributed by atoms with Gasteiger partial charge in [0.2, 0.25) is 0 Å². The lowest BCUT2D eigenvalue weighted by molar-refractivity contribution is 0.0206. The zero-order chi connectivity index (χ0) is 22.8. The number of hydrogen-bond donors (Lipinski definition) is 0. The molecule has 0 spiro atoms. The fraction of sp³-hybridized carbons (Fsp3) is 0.357. The summed E-state index contributed by atoms with van der Waals surface area (Å²) in [5.41, 5.74) is 2.56.